The molecule has 9 heteroatoms. The minimum Gasteiger partial charge on any atom is -0.492 e. The van der Waals surface area contributed by atoms with Crippen LogP contribution in [0.4, 0.5) is 5.69 Å². The third-order valence-electron chi connectivity index (χ3n) is 4.32. The normalized spacial score (nSPS) is 11.6. The minimum absolute atomic E-state index is 0.166. The fraction of sp³-hybridized carbons (Fsp3) is 0.261. The van der Waals surface area contributed by atoms with E-state index in [0.29, 0.717) is 46.3 Å². The van der Waals surface area contributed by atoms with E-state index in [1.165, 1.54) is 11.8 Å². The number of thioether (sulfide) groups is 1. The lowest BCUT2D eigenvalue weighted by Crippen LogP contribution is -2.16. The maximum Gasteiger partial charge on any atom is 0.234 e. The summed E-state index contributed by atoms with van der Waals surface area (Å²) in [7, 11) is 0. The summed E-state index contributed by atoms with van der Waals surface area (Å²) in [6, 6.07) is 14.5. The molecular weight excluding hydrogens is 448 g/mol. The molecule has 1 unspecified atom stereocenters. The van der Waals surface area contributed by atoms with Crippen molar-refractivity contribution in [3.05, 3.63) is 72.0 Å². The molecule has 0 spiro atoms. The van der Waals surface area contributed by atoms with Crippen molar-refractivity contribution < 1.29 is 14.3 Å². The molecule has 0 bridgehead atoms. The van der Waals surface area contributed by atoms with E-state index >= 15 is 0 Å². The minimum atomic E-state index is -0.373. The van der Waals surface area contributed by atoms with Gasteiger partial charge < -0.3 is 14.8 Å². The van der Waals surface area contributed by atoms with Crippen LogP contribution in [-0.2, 0) is 11.3 Å². The van der Waals surface area contributed by atoms with Gasteiger partial charge in [0.05, 0.1) is 18.0 Å². The van der Waals surface area contributed by atoms with Crippen molar-refractivity contribution in [1.82, 2.24) is 14.8 Å². The second-order valence-electron chi connectivity index (χ2n) is 6.72. The van der Waals surface area contributed by atoms with E-state index in [1.54, 1.807) is 24.3 Å². The van der Waals surface area contributed by atoms with Gasteiger partial charge in [-0.25, -0.2) is 0 Å². The van der Waals surface area contributed by atoms with Crippen molar-refractivity contribution >= 4 is 35.0 Å². The number of hydrogen-bond acceptors (Lipinski definition) is 6. The molecule has 0 radical (unpaired) electrons. The fourth-order valence-corrected chi connectivity index (χ4v) is 3.91. The largest absolute Gasteiger partial charge is 0.492 e. The molecule has 0 fully saturated rings. The van der Waals surface area contributed by atoms with E-state index in [2.05, 4.69) is 22.1 Å². The van der Waals surface area contributed by atoms with Crippen molar-refractivity contribution in [2.45, 2.75) is 31.7 Å². The second kappa shape index (κ2) is 11.6. The summed E-state index contributed by atoms with van der Waals surface area (Å²) in [4.78, 5) is 12.5. The number of hydrogen-bond donors (Lipinski definition) is 1. The molecule has 7 nitrogen and oxygen atoms in total. The lowest BCUT2D eigenvalue weighted by Gasteiger charge is -2.16. The number of nitrogens with zero attached hydrogens (tertiary/aromatic N) is 3. The van der Waals surface area contributed by atoms with Gasteiger partial charge in [0.2, 0.25) is 5.91 Å². The lowest BCUT2D eigenvalue weighted by atomic mass is 10.3. The van der Waals surface area contributed by atoms with Crippen molar-refractivity contribution in [3.63, 3.8) is 0 Å². The molecule has 0 saturated carbocycles. The zero-order valence-corrected chi connectivity index (χ0v) is 19.5. The maximum absolute atomic E-state index is 12.5. The van der Waals surface area contributed by atoms with Crippen LogP contribution >= 0.6 is 23.4 Å². The predicted molar refractivity (Wildman–Crippen MR) is 128 cm³/mol. The van der Waals surface area contributed by atoms with Crippen molar-refractivity contribution in [1.29, 1.82) is 0 Å². The highest BCUT2D eigenvalue weighted by Crippen LogP contribution is 2.27. The number of aromatic nitrogens is 3. The Bertz CT molecular complexity index is 1070. The summed E-state index contributed by atoms with van der Waals surface area (Å²) in [5.74, 6) is 1.91. The van der Waals surface area contributed by atoms with Crippen LogP contribution in [0.15, 0.2) is 66.3 Å². The highest BCUT2D eigenvalue weighted by Gasteiger charge is 2.20. The number of carbonyl (C=O) groups is 1. The average molecular weight is 473 g/mol. The fourth-order valence-electron chi connectivity index (χ4n) is 2.97. The number of ether oxygens (including phenoxy) is 2. The van der Waals surface area contributed by atoms with Crippen molar-refractivity contribution in [3.8, 4) is 11.5 Å². The number of para-hydroxylation sites is 2. The summed E-state index contributed by atoms with van der Waals surface area (Å²) in [6.45, 7) is 8.60. The van der Waals surface area contributed by atoms with Crippen LogP contribution in [0.2, 0.25) is 5.02 Å². The molecule has 168 valence electrons. The van der Waals surface area contributed by atoms with Gasteiger partial charge in [-0.3, -0.25) is 9.36 Å². The van der Waals surface area contributed by atoms with Gasteiger partial charge in [-0.2, -0.15) is 0 Å². The molecule has 1 amide bonds. The Morgan fingerprint density at radius 2 is 2.09 bits per heavy atom. The first-order valence-corrected chi connectivity index (χ1v) is 11.5. The van der Waals surface area contributed by atoms with E-state index in [9.17, 15) is 4.79 Å². The SMILES string of the molecule is C=CCn1c(SCC(=O)Nc2ccccc2OCC)nnc1C(C)Oc1cccc(Cl)c1. The number of halogens is 1. The molecule has 1 atom stereocenters. The van der Waals surface area contributed by atoms with Gasteiger partial charge >= 0.3 is 0 Å². The molecular formula is C23H25ClN4O3S. The number of nitrogens with one attached hydrogen (secondary N) is 1. The van der Waals surface area contributed by atoms with E-state index < -0.39 is 0 Å². The molecule has 0 aliphatic heterocycles. The number of rotatable bonds is 11. The summed E-state index contributed by atoms with van der Waals surface area (Å²) in [5, 5.41) is 12.6. The van der Waals surface area contributed by atoms with Gasteiger partial charge in [0.1, 0.15) is 11.5 Å². The monoisotopic (exact) mass is 472 g/mol. The van der Waals surface area contributed by atoms with Gasteiger partial charge in [-0.05, 0) is 44.2 Å². The smallest absolute Gasteiger partial charge is 0.234 e. The van der Waals surface area contributed by atoms with Crippen LogP contribution in [0, 0.1) is 0 Å². The molecule has 1 heterocycles. The molecule has 32 heavy (non-hydrogen) atoms. The van der Waals surface area contributed by atoms with Crippen LogP contribution in [0.1, 0.15) is 25.8 Å². The summed E-state index contributed by atoms with van der Waals surface area (Å²) in [5.41, 5.74) is 0.636. The van der Waals surface area contributed by atoms with E-state index in [1.807, 2.05) is 48.7 Å². The van der Waals surface area contributed by atoms with Crippen LogP contribution in [0.3, 0.4) is 0 Å². The Kier molecular flexibility index (Phi) is 8.58. The van der Waals surface area contributed by atoms with Gasteiger partial charge in [0.15, 0.2) is 17.1 Å². The van der Waals surface area contributed by atoms with E-state index in [0.717, 1.165) is 0 Å². The Balaban J connectivity index is 1.67. The quantitative estimate of drug-likeness (QED) is 0.298. The third kappa shape index (κ3) is 6.27. The van der Waals surface area contributed by atoms with Crippen LogP contribution in [0.5, 0.6) is 11.5 Å². The van der Waals surface area contributed by atoms with Gasteiger partial charge in [-0.1, -0.05) is 47.6 Å². The zero-order chi connectivity index (χ0) is 22.9. The Labute approximate surface area is 196 Å². The molecule has 0 aliphatic carbocycles. The highest BCUT2D eigenvalue weighted by atomic mass is 35.5. The highest BCUT2D eigenvalue weighted by molar-refractivity contribution is 7.99. The van der Waals surface area contributed by atoms with Gasteiger partial charge in [-0.15, -0.1) is 16.8 Å². The second-order valence-corrected chi connectivity index (χ2v) is 8.10. The first-order valence-electron chi connectivity index (χ1n) is 10.1. The van der Waals surface area contributed by atoms with Crippen LogP contribution in [0.25, 0.3) is 0 Å². The van der Waals surface area contributed by atoms with Crippen molar-refractivity contribution in [2.24, 2.45) is 0 Å². The molecule has 3 rings (SSSR count). The Morgan fingerprint density at radius 3 is 2.84 bits per heavy atom. The summed E-state index contributed by atoms with van der Waals surface area (Å²) < 4.78 is 13.4. The number of benzene rings is 2. The first-order chi connectivity index (χ1) is 15.5. The number of allylic oxidation sites excluding steroid dienone is 1. The molecule has 2 aromatic carbocycles. The standard InChI is InChI=1S/C23H25ClN4O3S/c1-4-13-28-22(16(3)31-18-10-8-9-17(24)14-18)26-27-23(28)32-15-21(29)25-19-11-6-7-12-20(19)30-5-2/h4,6-12,14,16H,1,5,13,15H2,2-3H3,(H,25,29). The summed E-state index contributed by atoms with van der Waals surface area (Å²) in [6.07, 6.45) is 1.38. The van der Waals surface area contributed by atoms with Crippen LogP contribution < -0.4 is 14.8 Å². The number of amides is 1. The molecule has 1 N–H and O–H groups in total. The Morgan fingerprint density at radius 1 is 1.28 bits per heavy atom. The van der Waals surface area contributed by atoms with Gasteiger partial charge in [0.25, 0.3) is 0 Å². The van der Waals surface area contributed by atoms with Gasteiger partial charge in [0, 0.05) is 11.6 Å². The van der Waals surface area contributed by atoms with E-state index in [-0.39, 0.29) is 17.8 Å². The molecule has 0 saturated heterocycles. The maximum atomic E-state index is 12.5. The third-order valence-corrected chi connectivity index (χ3v) is 5.52. The molecule has 1 aromatic heterocycles. The lowest BCUT2D eigenvalue weighted by molar-refractivity contribution is -0.113. The molecule has 3 aromatic rings. The molecule has 0 aliphatic rings. The van der Waals surface area contributed by atoms with Crippen molar-refractivity contribution in [2.75, 3.05) is 17.7 Å². The number of carbonyl (C=O) groups excluding carboxylic acids is 1. The zero-order valence-electron chi connectivity index (χ0n) is 18.0. The summed E-state index contributed by atoms with van der Waals surface area (Å²) >= 11 is 7.33. The number of anilines is 1. The Hall–Kier alpha value is -2.97. The predicted octanol–water partition coefficient (Wildman–Crippen LogP) is 5.39. The average Bonchev–Trinajstić information content (AvgIpc) is 3.17. The first kappa shape index (κ1) is 23.7. The van der Waals surface area contributed by atoms with Crippen LogP contribution in [-0.4, -0.2) is 33.0 Å². The topological polar surface area (TPSA) is 78.3 Å². The van der Waals surface area contributed by atoms with E-state index in [4.69, 9.17) is 21.1 Å².